The van der Waals surface area contributed by atoms with E-state index in [1.54, 1.807) is 20.4 Å². The number of nitrogens with zero attached hydrogens (tertiary/aromatic N) is 2. The summed E-state index contributed by atoms with van der Waals surface area (Å²) < 4.78 is 12.6. The lowest BCUT2D eigenvalue weighted by Crippen LogP contribution is -2.18. The molecule has 1 aromatic heterocycles. The molecule has 0 saturated heterocycles. The molecule has 0 amide bonds. The van der Waals surface area contributed by atoms with Crippen molar-refractivity contribution < 1.29 is 9.47 Å². The van der Waals surface area contributed by atoms with Crippen molar-refractivity contribution in [1.29, 1.82) is 0 Å². The highest BCUT2D eigenvalue weighted by Gasteiger charge is 2.19. The van der Waals surface area contributed by atoms with Crippen LogP contribution < -0.4 is 15.2 Å². The van der Waals surface area contributed by atoms with Crippen LogP contribution in [0.25, 0.3) is 0 Å². The summed E-state index contributed by atoms with van der Waals surface area (Å²) in [6, 6.07) is 7.33. The molecule has 102 valence electrons. The van der Waals surface area contributed by atoms with Gasteiger partial charge < -0.3 is 15.2 Å². The SMILES string of the molecule is CCn1nccc1C(N)c1cccc(OC)c1OC. The lowest BCUT2D eigenvalue weighted by molar-refractivity contribution is 0.350. The van der Waals surface area contributed by atoms with E-state index in [0.717, 1.165) is 17.8 Å². The van der Waals surface area contributed by atoms with Crippen LogP contribution in [0.2, 0.25) is 0 Å². The molecule has 2 aromatic rings. The molecule has 2 N–H and O–H groups in total. The molecule has 1 heterocycles. The second kappa shape index (κ2) is 5.75. The molecule has 0 aliphatic rings. The first kappa shape index (κ1) is 13.4. The van der Waals surface area contributed by atoms with Gasteiger partial charge >= 0.3 is 0 Å². The molecular weight excluding hydrogens is 242 g/mol. The topological polar surface area (TPSA) is 62.3 Å². The summed E-state index contributed by atoms with van der Waals surface area (Å²) in [6.07, 6.45) is 1.76. The van der Waals surface area contributed by atoms with Gasteiger partial charge in [-0.1, -0.05) is 12.1 Å². The number of nitrogens with two attached hydrogens (primary N) is 1. The fourth-order valence-electron chi connectivity index (χ4n) is 2.19. The third-order valence-electron chi connectivity index (χ3n) is 3.14. The van der Waals surface area contributed by atoms with Gasteiger partial charge in [-0.2, -0.15) is 5.10 Å². The van der Waals surface area contributed by atoms with Crippen LogP contribution in [0.5, 0.6) is 11.5 Å². The number of benzene rings is 1. The molecule has 1 atom stereocenters. The van der Waals surface area contributed by atoms with Crippen LogP contribution in [0, 0.1) is 0 Å². The normalized spacial score (nSPS) is 12.2. The number of hydrogen-bond acceptors (Lipinski definition) is 4. The molecule has 5 heteroatoms. The van der Waals surface area contributed by atoms with Crippen molar-refractivity contribution in [3.05, 3.63) is 41.7 Å². The fourth-order valence-corrected chi connectivity index (χ4v) is 2.19. The highest BCUT2D eigenvalue weighted by atomic mass is 16.5. The minimum absolute atomic E-state index is 0.299. The van der Waals surface area contributed by atoms with E-state index < -0.39 is 0 Å². The third kappa shape index (κ3) is 2.42. The van der Waals surface area contributed by atoms with E-state index in [0.29, 0.717) is 11.5 Å². The molecular formula is C14H19N3O2. The lowest BCUT2D eigenvalue weighted by Gasteiger charge is -2.18. The van der Waals surface area contributed by atoms with Crippen molar-refractivity contribution in [1.82, 2.24) is 9.78 Å². The molecule has 5 nitrogen and oxygen atoms in total. The molecule has 1 unspecified atom stereocenters. The average molecular weight is 261 g/mol. The number of aromatic nitrogens is 2. The molecule has 1 aromatic carbocycles. The summed E-state index contributed by atoms with van der Waals surface area (Å²) in [6.45, 7) is 2.81. The Morgan fingerprint density at radius 3 is 2.68 bits per heavy atom. The van der Waals surface area contributed by atoms with Crippen LogP contribution in [-0.2, 0) is 6.54 Å². The maximum atomic E-state index is 6.34. The van der Waals surface area contributed by atoms with Crippen LogP contribution in [0.15, 0.2) is 30.5 Å². The van der Waals surface area contributed by atoms with Gasteiger partial charge in [0.15, 0.2) is 11.5 Å². The van der Waals surface area contributed by atoms with Gasteiger partial charge in [-0.3, -0.25) is 4.68 Å². The molecule has 19 heavy (non-hydrogen) atoms. The van der Waals surface area contributed by atoms with Crippen LogP contribution in [-0.4, -0.2) is 24.0 Å². The first-order chi connectivity index (χ1) is 9.22. The quantitative estimate of drug-likeness (QED) is 0.893. The maximum absolute atomic E-state index is 6.34. The van der Waals surface area contributed by atoms with Gasteiger partial charge in [0.25, 0.3) is 0 Å². The summed E-state index contributed by atoms with van der Waals surface area (Å²) in [5, 5.41) is 4.24. The summed E-state index contributed by atoms with van der Waals surface area (Å²) in [5.74, 6) is 1.35. The molecule has 0 aliphatic carbocycles. The Kier molecular flexibility index (Phi) is 4.06. The summed E-state index contributed by atoms with van der Waals surface area (Å²) in [5.41, 5.74) is 8.18. The second-order valence-corrected chi connectivity index (χ2v) is 4.13. The van der Waals surface area contributed by atoms with Gasteiger partial charge in [0, 0.05) is 18.3 Å². The monoisotopic (exact) mass is 261 g/mol. The first-order valence-corrected chi connectivity index (χ1v) is 6.21. The Labute approximate surface area is 112 Å². The van der Waals surface area contributed by atoms with E-state index in [2.05, 4.69) is 5.10 Å². The molecule has 0 spiro atoms. The zero-order valence-electron chi connectivity index (χ0n) is 11.5. The Balaban J connectivity index is 2.46. The van der Waals surface area contributed by atoms with E-state index in [1.807, 2.05) is 35.9 Å². The molecule has 0 saturated carbocycles. The summed E-state index contributed by atoms with van der Waals surface area (Å²) >= 11 is 0. The van der Waals surface area contributed by atoms with Crippen molar-refractivity contribution in [2.45, 2.75) is 19.5 Å². The molecule has 0 bridgehead atoms. The van der Waals surface area contributed by atoms with Crippen molar-refractivity contribution in [3.63, 3.8) is 0 Å². The van der Waals surface area contributed by atoms with Gasteiger partial charge in [0.05, 0.1) is 26.0 Å². The molecule has 0 fully saturated rings. The average Bonchev–Trinajstić information content (AvgIpc) is 2.93. The van der Waals surface area contributed by atoms with Gasteiger partial charge in [-0.15, -0.1) is 0 Å². The number of ether oxygens (including phenoxy) is 2. The predicted molar refractivity (Wildman–Crippen MR) is 73.5 cm³/mol. The number of para-hydroxylation sites is 1. The Morgan fingerprint density at radius 1 is 1.26 bits per heavy atom. The van der Waals surface area contributed by atoms with E-state index in [4.69, 9.17) is 15.2 Å². The minimum Gasteiger partial charge on any atom is -0.493 e. The number of aryl methyl sites for hydroxylation is 1. The van der Waals surface area contributed by atoms with Crippen molar-refractivity contribution >= 4 is 0 Å². The van der Waals surface area contributed by atoms with Gasteiger partial charge in [0.1, 0.15) is 0 Å². The fraction of sp³-hybridized carbons (Fsp3) is 0.357. The Morgan fingerprint density at radius 2 is 2.05 bits per heavy atom. The largest absolute Gasteiger partial charge is 0.493 e. The second-order valence-electron chi connectivity index (χ2n) is 4.13. The minimum atomic E-state index is -0.299. The highest BCUT2D eigenvalue weighted by Crippen LogP contribution is 2.35. The van der Waals surface area contributed by atoms with Crippen LogP contribution in [0.3, 0.4) is 0 Å². The van der Waals surface area contributed by atoms with E-state index in [-0.39, 0.29) is 6.04 Å². The predicted octanol–water partition coefficient (Wildman–Crippen LogP) is 1.97. The maximum Gasteiger partial charge on any atom is 0.165 e. The Hall–Kier alpha value is -2.01. The smallest absolute Gasteiger partial charge is 0.165 e. The third-order valence-corrected chi connectivity index (χ3v) is 3.14. The first-order valence-electron chi connectivity index (χ1n) is 6.21. The van der Waals surface area contributed by atoms with Crippen LogP contribution in [0.1, 0.15) is 24.2 Å². The number of methoxy groups -OCH3 is 2. The van der Waals surface area contributed by atoms with Crippen molar-refractivity contribution in [3.8, 4) is 11.5 Å². The highest BCUT2D eigenvalue weighted by molar-refractivity contribution is 5.49. The Bertz CT molecular complexity index is 551. The number of hydrogen-bond donors (Lipinski definition) is 1. The van der Waals surface area contributed by atoms with E-state index in [1.165, 1.54) is 0 Å². The standard InChI is InChI=1S/C14H19N3O2/c1-4-17-11(8-9-16-17)13(15)10-6-5-7-12(18-2)14(10)19-3/h5-9,13H,4,15H2,1-3H3. The van der Waals surface area contributed by atoms with Crippen LogP contribution in [0.4, 0.5) is 0 Å². The van der Waals surface area contributed by atoms with Crippen molar-refractivity contribution in [2.24, 2.45) is 5.73 Å². The molecule has 2 rings (SSSR count). The zero-order valence-corrected chi connectivity index (χ0v) is 11.5. The van der Waals surface area contributed by atoms with Gasteiger partial charge in [-0.25, -0.2) is 0 Å². The van der Waals surface area contributed by atoms with E-state index >= 15 is 0 Å². The van der Waals surface area contributed by atoms with Crippen molar-refractivity contribution in [2.75, 3.05) is 14.2 Å². The van der Waals surface area contributed by atoms with E-state index in [9.17, 15) is 0 Å². The van der Waals surface area contributed by atoms with Gasteiger partial charge in [-0.05, 0) is 19.1 Å². The van der Waals surface area contributed by atoms with Crippen LogP contribution >= 0.6 is 0 Å². The summed E-state index contributed by atoms with van der Waals surface area (Å²) in [7, 11) is 3.23. The molecule has 0 aliphatic heterocycles. The summed E-state index contributed by atoms with van der Waals surface area (Å²) in [4.78, 5) is 0. The molecule has 0 radical (unpaired) electrons. The van der Waals surface area contributed by atoms with Gasteiger partial charge in [0.2, 0.25) is 0 Å². The zero-order chi connectivity index (χ0) is 13.8. The number of rotatable bonds is 5. The lowest BCUT2D eigenvalue weighted by atomic mass is 10.0.